The van der Waals surface area contributed by atoms with Gasteiger partial charge in [-0.15, -0.1) is 0 Å². The van der Waals surface area contributed by atoms with Crippen LogP contribution in [0, 0.1) is 52.3 Å². The van der Waals surface area contributed by atoms with Crippen molar-refractivity contribution in [1.29, 1.82) is 0 Å². The van der Waals surface area contributed by atoms with Crippen LogP contribution in [0.5, 0.6) is 0 Å². The van der Waals surface area contributed by atoms with Gasteiger partial charge in [0.25, 0.3) is 0 Å². The van der Waals surface area contributed by atoms with Crippen molar-refractivity contribution in [3.05, 3.63) is 0 Å². The summed E-state index contributed by atoms with van der Waals surface area (Å²) in [4.78, 5) is 0. The van der Waals surface area contributed by atoms with Gasteiger partial charge in [-0.2, -0.15) is 16.8 Å². The van der Waals surface area contributed by atoms with Crippen LogP contribution in [-0.2, 0) is 29.2 Å². The molecule has 0 aromatic heterocycles. The van der Waals surface area contributed by atoms with Crippen molar-refractivity contribution in [2.45, 2.75) is 110 Å². The van der Waals surface area contributed by atoms with E-state index in [0.29, 0.717) is 37.0 Å². The zero-order valence-electron chi connectivity index (χ0n) is 23.6. The summed E-state index contributed by atoms with van der Waals surface area (Å²) in [5.41, 5.74) is -0.109. The van der Waals surface area contributed by atoms with Crippen molar-refractivity contribution >= 4 is 20.8 Å². The molecule has 0 saturated heterocycles. The van der Waals surface area contributed by atoms with Crippen molar-refractivity contribution in [2.24, 2.45) is 52.3 Å². The van der Waals surface area contributed by atoms with Gasteiger partial charge in [0, 0.05) is 0 Å². The molecule has 4 saturated carbocycles. The number of fused-ring (bicyclic) bond motifs is 5. The minimum atomic E-state index is -4.67. The van der Waals surface area contributed by atoms with E-state index in [0.717, 1.165) is 44.9 Å². The summed E-state index contributed by atoms with van der Waals surface area (Å²) in [6.45, 7) is 8.80. The molecule has 12 heteroatoms. The smallest absolute Gasteiger partial charge is 0.393 e. The molecule has 10 nitrogen and oxygen atoms in total. The van der Waals surface area contributed by atoms with Crippen LogP contribution in [0.15, 0.2) is 0 Å². The van der Waals surface area contributed by atoms with E-state index in [1.54, 1.807) is 0 Å². The van der Waals surface area contributed by atoms with Crippen LogP contribution >= 0.6 is 0 Å². The Hall–Kier alpha value is -0.340. The number of aliphatic hydroxyl groups is 2. The SMILES string of the molecule is CC(CCC[C@@H](C)[C@H]1CC[C@H]2[C@@H]3[C@H](O)C[C@H]4[C@@H](O)[C@H](OS(=O)(=O)O)CC[C@]4(C)[C@H]3CC[C@]12C)COS(=O)(=O)O. The standard InChI is InChI=1S/C27H48O10S2/c1-16(15-36-38(30,31)32)6-5-7-17(2)18-8-9-19-24-20(10-12-26(18,19)3)27(4)13-11-23(37-39(33,34)35)25(29)21(27)14-22(24)28/h16-25,28-29H,5-15H2,1-4H3,(H,30,31,32)(H,33,34,35)/t16?,17-,18-,19+,20+,21+,22-,23-,24+,25-,26-,27-/m1/s1. The first-order valence-corrected chi connectivity index (χ1v) is 17.3. The average molecular weight is 597 g/mol. The van der Waals surface area contributed by atoms with Gasteiger partial charge in [0.15, 0.2) is 0 Å². The molecule has 0 aromatic rings. The lowest BCUT2D eigenvalue weighted by molar-refractivity contribution is -0.204. The molecular formula is C27H48O10S2. The first-order chi connectivity index (χ1) is 18.0. The second kappa shape index (κ2) is 11.4. The topological polar surface area (TPSA) is 168 Å². The molecule has 0 amide bonds. The monoisotopic (exact) mass is 596 g/mol. The predicted molar refractivity (Wildman–Crippen MR) is 144 cm³/mol. The fourth-order valence-electron chi connectivity index (χ4n) is 9.76. The number of aliphatic hydroxyl groups excluding tert-OH is 2. The van der Waals surface area contributed by atoms with Crippen LogP contribution in [0.4, 0.5) is 0 Å². The Morgan fingerprint density at radius 2 is 1.49 bits per heavy atom. The largest absolute Gasteiger partial charge is 0.397 e. The quantitative estimate of drug-likeness (QED) is 0.270. The Bertz CT molecular complexity index is 1080. The highest BCUT2D eigenvalue weighted by atomic mass is 32.3. The fourth-order valence-corrected chi connectivity index (χ4v) is 10.7. The lowest BCUT2D eigenvalue weighted by atomic mass is 9.43. The summed E-state index contributed by atoms with van der Waals surface area (Å²) in [7, 11) is -9.08. The van der Waals surface area contributed by atoms with Gasteiger partial charge in [-0.25, -0.2) is 8.37 Å². The lowest BCUT2D eigenvalue weighted by Gasteiger charge is -2.63. The Kier molecular flexibility index (Phi) is 9.23. The van der Waals surface area contributed by atoms with Gasteiger partial charge in [0.1, 0.15) is 6.10 Å². The Labute approximate surface area is 234 Å². The summed E-state index contributed by atoms with van der Waals surface area (Å²) in [6, 6.07) is 0. The van der Waals surface area contributed by atoms with Gasteiger partial charge >= 0.3 is 20.8 Å². The molecule has 0 bridgehead atoms. The molecule has 0 aromatic carbocycles. The highest BCUT2D eigenvalue weighted by Crippen LogP contribution is 2.68. The van der Waals surface area contributed by atoms with E-state index < -0.39 is 39.1 Å². The third kappa shape index (κ3) is 6.53. The highest BCUT2D eigenvalue weighted by molar-refractivity contribution is 7.81. The lowest BCUT2D eigenvalue weighted by Crippen LogP contribution is -2.62. The first-order valence-electron chi connectivity index (χ1n) is 14.6. The maximum atomic E-state index is 11.5. The molecule has 39 heavy (non-hydrogen) atoms. The molecule has 4 rings (SSSR count). The molecule has 0 spiro atoms. The maximum Gasteiger partial charge on any atom is 0.397 e. The van der Waals surface area contributed by atoms with E-state index >= 15 is 0 Å². The Morgan fingerprint density at radius 3 is 2.13 bits per heavy atom. The number of hydrogen-bond acceptors (Lipinski definition) is 8. The molecule has 4 N–H and O–H groups in total. The van der Waals surface area contributed by atoms with Gasteiger partial charge < -0.3 is 10.2 Å². The van der Waals surface area contributed by atoms with Crippen molar-refractivity contribution < 1.29 is 44.5 Å². The molecule has 4 aliphatic rings. The Balaban J connectivity index is 1.41. The first kappa shape index (κ1) is 31.6. The minimum absolute atomic E-state index is 0.0193. The molecule has 4 fully saturated rings. The van der Waals surface area contributed by atoms with Crippen molar-refractivity contribution in [2.75, 3.05) is 6.61 Å². The van der Waals surface area contributed by atoms with E-state index in [1.165, 1.54) is 0 Å². The van der Waals surface area contributed by atoms with Crippen LogP contribution in [0.3, 0.4) is 0 Å². The molecule has 4 aliphatic carbocycles. The third-order valence-corrected chi connectivity index (χ3v) is 12.5. The number of hydrogen-bond donors (Lipinski definition) is 4. The average Bonchev–Trinajstić information content (AvgIpc) is 3.17. The third-order valence-electron chi connectivity index (χ3n) is 11.6. The molecule has 0 aliphatic heterocycles. The van der Waals surface area contributed by atoms with E-state index in [1.807, 2.05) is 6.92 Å². The van der Waals surface area contributed by atoms with Crippen molar-refractivity contribution in [1.82, 2.24) is 0 Å². The Morgan fingerprint density at radius 1 is 0.846 bits per heavy atom. The van der Waals surface area contributed by atoms with Crippen molar-refractivity contribution in [3.8, 4) is 0 Å². The second-order valence-corrected chi connectivity index (χ2v) is 15.9. The maximum absolute atomic E-state index is 11.5. The molecule has 0 radical (unpaired) electrons. The summed E-state index contributed by atoms with van der Waals surface area (Å²) >= 11 is 0. The second-order valence-electron chi connectivity index (χ2n) is 13.8. The van der Waals surface area contributed by atoms with E-state index in [-0.39, 0.29) is 41.1 Å². The van der Waals surface area contributed by atoms with Crippen molar-refractivity contribution in [3.63, 3.8) is 0 Å². The molecule has 0 heterocycles. The van der Waals surface area contributed by atoms with Gasteiger partial charge in [0.05, 0.1) is 18.8 Å². The van der Waals surface area contributed by atoms with Crippen LogP contribution in [-0.4, -0.2) is 61.1 Å². The van der Waals surface area contributed by atoms with Gasteiger partial charge in [0.2, 0.25) is 0 Å². The van der Waals surface area contributed by atoms with Gasteiger partial charge in [-0.1, -0.05) is 40.5 Å². The highest BCUT2D eigenvalue weighted by Gasteiger charge is 2.64. The predicted octanol–water partition coefficient (Wildman–Crippen LogP) is 4.04. The van der Waals surface area contributed by atoms with E-state index in [9.17, 15) is 31.6 Å². The fraction of sp³-hybridized carbons (Fsp3) is 1.00. The molecule has 1 unspecified atom stereocenters. The number of rotatable bonds is 10. The zero-order valence-corrected chi connectivity index (χ0v) is 25.2. The summed E-state index contributed by atoms with van der Waals surface area (Å²) in [6.07, 6.45) is 5.82. The molecule has 12 atom stereocenters. The van der Waals surface area contributed by atoms with Crippen LogP contribution < -0.4 is 0 Å². The zero-order chi connectivity index (χ0) is 29.0. The normalized spacial score (nSPS) is 44.2. The summed E-state index contributed by atoms with van der Waals surface area (Å²) < 4.78 is 71.6. The van der Waals surface area contributed by atoms with E-state index in [2.05, 4.69) is 25.0 Å². The van der Waals surface area contributed by atoms with Gasteiger partial charge in [-0.3, -0.25) is 9.11 Å². The van der Waals surface area contributed by atoms with Crippen LogP contribution in [0.2, 0.25) is 0 Å². The summed E-state index contributed by atoms with van der Waals surface area (Å²) in [5.74, 6) is 1.54. The summed E-state index contributed by atoms with van der Waals surface area (Å²) in [5, 5.41) is 22.6. The van der Waals surface area contributed by atoms with Gasteiger partial charge in [-0.05, 0) is 104 Å². The van der Waals surface area contributed by atoms with E-state index in [4.69, 9.17) is 8.74 Å². The van der Waals surface area contributed by atoms with Crippen LogP contribution in [0.1, 0.15) is 91.9 Å². The molecule has 228 valence electrons. The van der Waals surface area contributed by atoms with Crippen LogP contribution in [0.25, 0.3) is 0 Å². The molecular weight excluding hydrogens is 548 g/mol. The minimum Gasteiger partial charge on any atom is -0.393 e.